The van der Waals surface area contributed by atoms with Crippen LogP contribution in [0.3, 0.4) is 0 Å². The number of unbranched alkanes of at least 4 members (excludes halogenated alkanes) is 1. The van der Waals surface area contributed by atoms with E-state index in [0.29, 0.717) is 19.5 Å². The Bertz CT molecular complexity index is 267. The topological polar surface area (TPSA) is 128 Å². The molecule has 0 unspecified atom stereocenters. The summed E-state index contributed by atoms with van der Waals surface area (Å²) < 4.78 is 0. The molecule has 1 atom stereocenters. The number of hydrogen-bond donors (Lipinski definition) is 4. The minimum atomic E-state index is -0.663. The van der Waals surface area contributed by atoms with Gasteiger partial charge in [-0.25, -0.2) is 0 Å². The lowest BCUT2D eigenvalue weighted by Crippen LogP contribution is -2.24. The number of carboxylic acids is 1. The molecule has 0 bridgehead atoms. The molecule has 0 aromatic rings. The largest absolute Gasteiger partial charge is 0.481 e. The summed E-state index contributed by atoms with van der Waals surface area (Å²) in [7, 11) is 3.92. The van der Waals surface area contributed by atoms with Gasteiger partial charge in [-0.15, -0.1) is 0 Å². The second-order valence-corrected chi connectivity index (χ2v) is 6.85. The Kier molecular flexibility index (Phi) is 12.0. The zero-order valence-electron chi connectivity index (χ0n) is 11.1. The minimum Gasteiger partial charge on any atom is -0.481 e. The number of carboxylic acid groups (broad SMARTS) is 1. The molecule has 7 N–H and O–H groups in total. The fourth-order valence-corrected chi connectivity index (χ4v) is 4.43. The first-order valence-electron chi connectivity index (χ1n) is 6.31. The summed E-state index contributed by atoms with van der Waals surface area (Å²) in [5, 5.41) is 9.19. The van der Waals surface area contributed by atoms with Gasteiger partial charge in [0.15, 0.2) is 5.96 Å². The SMILES string of the molecule is NCCN=C(N)N.O=C(O)CCCC[C@@H]1CCSS1. The van der Waals surface area contributed by atoms with Crippen molar-refractivity contribution in [1.29, 1.82) is 0 Å². The maximum Gasteiger partial charge on any atom is 0.303 e. The second-order valence-electron chi connectivity index (χ2n) is 4.06. The molecule has 1 saturated heterocycles. The van der Waals surface area contributed by atoms with Crippen LogP contribution in [-0.4, -0.2) is 41.1 Å². The van der Waals surface area contributed by atoms with Crippen LogP contribution in [0.1, 0.15) is 32.1 Å². The summed E-state index contributed by atoms with van der Waals surface area (Å²) in [4.78, 5) is 13.8. The molecular weight excluding hydrogens is 284 g/mol. The van der Waals surface area contributed by atoms with Crippen molar-refractivity contribution in [3.63, 3.8) is 0 Å². The number of rotatable bonds is 7. The third-order valence-electron chi connectivity index (χ3n) is 2.32. The van der Waals surface area contributed by atoms with Crippen LogP contribution in [-0.2, 0) is 4.79 Å². The maximum absolute atomic E-state index is 10.2. The molecule has 1 heterocycles. The van der Waals surface area contributed by atoms with Gasteiger partial charge in [0, 0.05) is 24.0 Å². The number of guanidine groups is 1. The summed E-state index contributed by atoms with van der Waals surface area (Å²) in [5.74, 6) is 0.711. The number of hydrogen-bond acceptors (Lipinski definition) is 5. The Labute approximate surface area is 122 Å². The third-order valence-corrected chi connectivity index (χ3v) is 5.32. The molecule has 0 aliphatic carbocycles. The summed E-state index contributed by atoms with van der Waals surface area (Å²) >= 11 is 0. The van der Waals surface area contributed by atoms with Crippen LogP contribution in [0.4, 0.5) is 0 Å². The van der Waals surface area contributed by atoms with E-state index in [1.807, 2.05) is 21.6 Å². The van der Waals surface area contributed by atoms with Crippen LogP contribution in [0.5, 0.6) is 0 Å². The summed E-state index contributed by atoms with van der Waals surface area (Å²) in [5.41, 5.74) is 15.0. The molecule has 0 aromatic heterocycles. The molecule has 1 rings (SSSR count). The highest BCUT2D eigenvalue weighted by Crippen LogP contribution is 2.39. The number of aliphatic carboxylic acids is 1. The second kappa shape index (κ2) is 12.4. The number of carbonyl (C=O) groups is 1. The summed E-state index contributed by atoms with van der Waals surface area (Å²) in [6.07, 6.45) is 4.76. The predicted octanol–water partition coefficient (Wildman–Crippen LogP) is 1.00. The smallest absolute Gasteiger partial charge is 0.303 e. The van der Waals surface area contributed by atoms with Crippen LogP contribution in [0.25, 0.3) is 0 Å². The Morgan fingerprint density at radius 1 is 1.37 bits per heavy atom. The highest BCUT2D eigenvalue weighted by molar-refractivity contribution is 8.77. The van der Waals surface area contributed by atoms with Crippen molar-refractivity contribution in [2.24, 2.45) is 22.2 Å². The average Bonchev–Trinajstić information content (AvgIpc) is 2.85. The average molecular weight is 308 g/mol. The van der Waals surface area contributed by atoms with Gasteiger partial charge < -0.3 is 22.3 Å². The lowest BCUT2D eigenvalue weighted by Gasteiger charge is -2.04. The Morgan fingerprint density at radius 2 is 2.11 bits per heavy atom. The first-order valence-corrected chi connectivity index (χ1v) is 8.70. The van der Waals surface area contributed by atoms with Gasteiger partial charge >= 0.3 is 5.97 Å². The number of nitrogens with two attached hydrogens (primary N) is 3. The first kappa shape index (κ1) is 18.4. The van der Waals surface area contributed by atoms with E-state index in [4.69, 9.17) is 22.3 Å². The maximum atomic E-state index is 10.2. The van der Waals surface area contributed by atoms with Gasteiger partial charge in [0.05, 0.1) is 6.54 Å². The van der Waals surface area contributed by atoms with E-state index in [1.54, 1.807) is 0 Å². The van der Waals surface area contributed by atoms with E-state index in [-0.39, 0.29) is 5.96 Å². The van der Waals surface area contributed by atoms with E-state index in [1.165, 1.54) is 18.6 Å². The van der Waals surface area contributed by atoms with E-state index >= 15 is 0 Å². The van der Waals surface area contributed by atoms with Crippen LogP contribution in [0.15, 0.2) is 4.99 Å². The first-order chi connectivity index (χ1) is 9.06. The zero-order chi connectivity index (χ0) is 14.5. The predicted molar refractivity (Wildman–Crippen MR) is 84.3 cm³/mol. The number of nitrogens with zero attached hydrogens (tertiary/aromatic N) is 1. The standard InChI is InChI=1S/C8H14O2S2.C3H10N4/c9-8(10)4-2-1-3-7-5-6-11-12-7;4-1-2-7-3(5)6/h7H,1-6H2,(H,9,10);1-2,4H2,(H4,5,6,7)/t7-;/m1./s1. The molecule has 1 fully saturated rings. The van der Waals surface area contributed by atoms with Crippen LogP contribution < -0.4 is 17.2 Å². The fraction of sp³-hybridized carbons (Fsp3) is 0.818. The molecule has 0 amide bonds. The van der Waals surface area contributed by atoms with Crippen LogP contribution in [0, 0.1) is 0 Å². The van der Waals surface area contributed by atoms with Crippen molar-refractivity contribution in [2.45, 2.75) is 37.4 Å². The molecule has 8 heteroatoms. The van der Waals surface area contributed by atoms with Crippen molar-refractivity contribution in [3.05, 3.63) is 0 Å². The van der Waals surface area contributed by atoms with Crippen molar-refractivity contribution in [3.8, 4) is 0 Å². The normalized spacial score (nSPS) is 17.4. The summed E-state index contributed by atoms with van der Waals surface area (Å²) in [6.45, 7) is 1.01. The molecular formula is C11H24N4O2S2. The Hall–Kier alpha value is -0.600. The van der Waals surface area contributed by atoms with E-state index < -0.39 is 5.97 Å². The molecule has 112 valence electrons. The van der Waals surface area contributed by atoms with Gasteiger partial charge in [-0.1, -0.05) is 28.0 Å². The van der Waals surface area contributed by atoms with Gasteiger partial charge in [-0.3, -0.25) is 9.79 Å². The lowest BCUT2D eigenvalue weighted by atomic mass is 10.1. The zero-order valence-corrected chi connectivity index (χ0v) is 12.7. The third kappa shape index (κ3) is 13.6. The molecule has 0 spiro atoms. The van der Waals surface area contributed by atoms with E-state index in [0.717, 1.165) is 18.1 Å². The van der Waals surface area contributed by atoms with Crippen LogP contribution in [0.2, 0.25) is 0 Å². The van der Waals surface area contributed by atoms with Gasteiger partial charge in [0.2, 0.25) is 0 Å². The van der Waals surface area contributed by atoms with Crippen molar-refractivity contribution < 1.29 is 9.90 Å². The van der Waals surface area contributed by atoms with Crippen LogP contribution >= 0.6 is 21.6 Å². The highest BCUT2D eigenvalue weighted by atomic mass is 33.1. The molecule has 0 radical (unpaired) electrons. The van der Waals surface area contributed by atoms with E-state index in [9.17, 15) is 4.79 Å². The van der Waals surface area contributed by atoms with Gasteiger partial charge in [-0.05, 0) is 19.3 Å². The molecule has 1 aliphatic heterocycles. The molecule has 0 aromatic carbocycles. The molecule has 19 heavy (non-hydrogen) atoms. The van der Waals surface area contributed by atoms with Gasteiger partial charge in [0.1, 0.15) is 0 Å². The van der Waals surface area contributed by atoms with Crippen molar-refractivity contribution in [1.82, 2.24) is 0 Å². The quantitative estimate of drug-likeness (QED) is 0.239. The monoisotopic (exact) mass is 308 g/mol. The molecule has 0 saturated carbocycles. The van der Waals surface area contributed by atoms with Gasteiger partial charge in [-0.2, -0.15) is 0 Å². The highest BCUT2D eigenvalue weighted by Gasteiger charge is 2.15. The van der Waals surface area contributed by atoms with Crippen molar-refractivity contribution >= 4 is 33.5 Å². The fourth-order valence-electron chi connectivity index (χ4n) is 1.41. The molecule has 1 aliphatic rings. The summed E-state index contributed by atoms with van der Waals surface area (Å²) in [6, 6.07) is 0. The van der Waals surface area contributed by atoms with Crippen molar-refractivity contribution in [2.75, 3.05) is 18.8 Å². The van der Waals surface area contributed by atoms with E-state index in [2.05, 4.69) is 4.99 Å². The Balaban J connectivity index is 0.000000399. The Morgan fingerprint density at radius 3 is 2.53 bits per heavy atom. The van der Waals surface area contributed by atoms with Gasteiger partial charge in [0.25, 0.3) is 0 Å². The molecule has 6 nitrogen and oxygen atoms in total. The lowest BCUT2D eigenvalue weighted by molar-refractivity contribution is -0.137. The minimum absolute atomic E-state index is 0.102. The number of aliphatic imine (C=N–C) groups is 1.